The molecular weight excluding hydrogens is 936 g/mol. The number of aliphatic hydroxyl groups excluding tert-OH is 3. The van der Waals surface area contributed by atoms with Crippen molar-refractivity contribution in [3.63, 3.8) is 0 Å². The van der Waals surface area contributed by atoms with Crippen LogP contribution in [0.4, 0.5) is 5.82 Å². The molecule has 0 saturated carbocycles. The van der Waals surface area contributed by atoms with E-state index < -0.39 is 89.8 Å². The fraction of sp³-hybridized carbons (Fsp3) is 0.667. The van der Waals surface area contributed by atoms with E-state index in [1.165, 1.54) is 25.3 Å². The second-order valence-electron chi connectivity index (χ2n) is 16.8. The van der Waals surface area contributed by atoms with Crippen LogP contribution in [0.2, 0.25) is 0 Å². The molecule has 1 aliphatic rings. The third-order valence-corrected chi connectivity index (χ3v) is 13.3. The average Bonchev–Trinajstić information content (AvgIpc) is 3.58. The van der Waals surface area contributed by atoms with Gasteiger partial charge in [0, 0.05) is 19.0 Å². The van der Waals surface area contributed by atoms with E-state index in [2.05, 4.69) is 59.6 Å². The van der Waals surface area contributed by atoms with Crippen LogP contribution in [0.15, 0.2) is 77.8 Å². The van der Waals surface area contributed by atoms with Crippen LogP contribution >= 0.6 is 15.6 Å². The molecule has 392 valence electrons. The summed E-state index contributed by atoms with van der Waals surface area (Å²) in [6, 6.07) is 1.24. The van der Waals surface area contributed by atoms with Crippen molar-refractivity contribution in [2.24, 2.45) is 0 Å². The molecule has 0 aliphatic carbocycles. The van der Waals surface area contributed by atoms with Gasteiger partial charge in [-0.2, -0.15) is 9.29 Å². The molecule has 1 fully saturated rings. The maximum Gasteiger partial charge on any atom is 0.481 e. The second-order valence-corrected chi connectivity index (χ2v) is 19.8. The molecular formula is C48H79N3O16P2. The lowest BCUT2D eigenvalue weighted by atomic mass is 10.1. The number of unbranched alkanes of at least 4 members (excludes halogenated alkanes) is 12. The number of carbonyl (C=O) groups is 2. The molecule has 21 heteroatoms. The number of carbonyl (C=O) groups excluding carboxylic acids is 2. The van der Waals surface area contributed by atoms with Gasteiger partial charge in [0.25, 0.3) is 0 Å². The SMILES string of the molecule is CC/C=C/C/C=C/C=C/C(O)CCCCCCCC(=O)OC[C@H](COP(=O)(O)OP(=O)(O)OC[C@H]1O[C@@H](n2ccc(N)nc2=O)[C@H](O)[C@@H]1O)OC(=O)CCCCCCC/C=C\C/C=C\CCCCC. The van der Waals surface area contributed by atoms with Crippen LogP contribution in [0.25, 0.3) is 0 Å². The molecule has 0 aromatic carbocycles. The molecule has 0 bridgehead atoms. The van der Waals surface area contributed by atoms with Crippen LogP contribution in [0, 0.1) is 0 Å². The fourth-order valence-corrected chi connectivity index (χ4v) is 8.99. The van der Waals surface area contributed by atoms with Crippen LogP contribution in [0.3, 0.4) is 0 Å². The highest BCUT2D eigenvalue weighted by atomic mass is 31.3. The lowest BCUT2D eigenvalue weighted by Gasteiger charge is -2.21. The summed E-state index contributed by atoms with van der Waals surface area (Å²) in [7, 11) is -10.9. The largest absolute Gasteiger partial charge is 0.481 e. The summed E-state index contributed by atoms with van der Waals surface area (Å²) in [6.45, 7) is 1.87. The number of rotatable bonds is 39. The number of esters is 2. The summed E-state index contributed by atoms with van der Waals surface area (Å²) in [5.74, 6) is -1.40. The summed E-state index contributed by atoms with van der Waals surface area (Å²) in [4.78, 5) is 61.8. The molecule has 1 aromatic heterocycles. The van der Waals surface area contributed by atoms with Gasteiger partial charge in [0.2, 0.25) is 0 Å². The lowest BCUT2D eigenvalue weighted by molar-refractivity contribution is -0.161. The quantitative estimate of drug-likeness (QED) is 0.0118. The molecule has 7 N–H and O–H groups in total. The van der Waals surface area contributed by atoms with Gasteiger partial charge in [-0.05, 0) is 70.3 Å². The number of nitrogen functional groups attached to an aromatic ring is 1. The van der Waals surface area contributed by atoms with Gasteiger partial charge in [0.1, 0.15) is 30.7 Å². The predicted octanol–water partition coefficient (Wildman–Crippen LogP) is 8.52. The summed E-state index contributed by atoms with van der Waals surface area (Å²) < 4.78 is 56.6. The third-order valence-electron chi connectivity index (χ3n) is 10.7. The van der Waals surface area contributed by atoms with E-state index in [1.54, 1.807) is 6.08 Å². The van der Waals surface area contributed by atoms with Gasteiger partial charge in [0.15, 0.2) is 12.3 Å². The molecule has 69 heavy (non-hydrogen) atoms. The van der Waals surface area contributed by atoms with Gasteiger partial charge in [-0.3, -0.25) is 23.2 Å². The van der Waals surface area contributed by atoms with Crippen LogP contribution in [-0.4, -0.2) is 96.9 Å². The first-order chi connectivity index (χ1) is 33.1. The number of nitrogens with zero attached hydrogens (tertiary/aromatic N) is 2. The summed E-state index contributed by atoms with van der Waals surface area (Å²) >= 11 is 0. The van der Waals surface area contributed by atoms with E-state index in [-0.39, 0.29) is 18.7 Å². The fourth-order valence-electron chi connectivity index (χ4n) is 6.88. The van der Waals surface area contributed by atoms with E-state index >= 15 is 0 Å². The molecule has 2 rings (SSSR count). The van der Waals surface area contributed by atoms with Gasteiger partial charge < -0.3 is 45.1 Å². The number of ether oxygens (including phenoxy) is 3. The Morgan fingerprint density at radius 3 is 2.07 bits per heavy atom. The van der Waals surface area contributed by atoms with Crippen molar-refractivity contribution in [3.8, 4) is 0 Å². The molecule has 0 radical (unpaired) electrons. The monoisotopic (exact) mass is 1020 g/mol. The topological polar surface area (TPSA) is 286 Å². The predicted molar refractivity (Wildman–Crippen MR) is 262 cm³/mol. The lowest BCUT2D eigenvalue weighted by Crippen LogP contribution is -2.36. The third kappa shape index (κ3) is 29.4. The van der Waals surface area contributed by atoms with Crippen LogP contribution in [-0.2, 0) is 46.3 Å². The van der Waals surface area contributed by atoms with Gasteiger partial charge in [0.05, 0.1) is 19.3 Å². The van der Waals surface area contributed by atoms with Crippen LogP contribution in [0.5, 0.6) is 0 Å². The first kappa shape index (κ1) is 61.5. The van der Waals surface area contributed by atoms with E-state index in [4.69, 9.17) is 29.0 Å². The summed E-state index contributed by atoms with van der Waals surface area (Å²) in [6.07, 6.45) is 30.4. The first-order valence-electron chi connectivity index (χ1n) is 24.4. The number of phosphoric ester groups is 2. The number of nitrogens with two attached hydrogens (primary N) is 1. The van der Waals surface area contributed by atoms with Gasteiger partial charge >= 0.3 is 33.3 Å². The highest BCUT2D eigenvalue weighted by molar-refractivity contribution is 7.61. The smallest absolute Gasteiger partial charge is 0.462 e. The molecule has 3 unspecified atom stereocenters. The molecule has 0 spiro atoms. The number of aromatic nitrogens is 2. The Morgan fingerprint density at radius 2 is 1.39 bits per heavy atom. The summed E-state index contributed by atoms with van der Waals surface area (Å²) in [5.41, 5.74) is 4.57. The molecule has 19 nitrogen and oxygen atoms in total. The van der Waals surface area contributed by atoms with Crippen molar-refractivity contribution < 1.29 is 71.4 Å². The Labute approximate surface area is 407 Å². The maximum atomic E-state index is 12.8. The van der Waals surface area contributed by atoms with E-state index in [0.29, 0.717) is 19.3 Å². The number of hydrogen-bond donors (Lipinski definition) is 6. The van der Waals surface area contributed by atoms with E-state index in [9.17, 15) is 48.6 Å². The maximum absolute atomic E-state index is 12.8. The minimum atomic E-state index is -5.45. The van der Waals surface area contributed by atoms with E-state index in [1.807, 2.05) is 18.2 Å². The van der Waals surface area contributed by atoms with Crippen LogP contribution in [0.1, 0.15) is 155 Å². The number of hydrogen-bond acceptors (Lipinski definition) is 16. The van der Waals surface area contributed by atoms with Gasteiger partial charge in [-0.25, -0.2) is 13.9 Å². The summed E-state index contributed by atoms with van der Waals surface area (Å²) in [5, 5.41) is 31.1. The Balaban J connectivity index is 1.84. The standard InChI is InChI=1S/C48H79N3O16P2/c1-3-5-7-9-11-12-13-14-15-16-17-18-20-24-29-33-44(54)65-40(36-62-43(53)32-28-25-21-23-27-31-39(52)30-26-22-19-10-8-6-4-2)37-63-68(58,59)67-69(60,61)64-38-41-45(55)46(56)47(66-41)51-35-34-42(49)50-48(51)57/h6,8,11-12,14-15,19,22,26,30,34-35,39-41,45-47,52,55-56H,3-5,7,9-10,13,16-18,20-21,23-25,27-29,31-33,36-38H2,1-2H3,(H,58,59)(H,60,61)(H2,49,50,57)/b8-6+,12-11-,15-14-,22-19+,30-26+/t39?,40-,41-,45-,46-,47-/m1/s1. The first-order valence-corrected chi connectivity index (χ1v) is 27.4. The second kappa shape index (κ2) is 36.4. The number of phosphoric acid groups is 2. The highest BCUT2D eigenvalue weighted by Crippen LogP contribution is 2.60. The van der Waals surface area contributed by atoms with Crippen molar-refractivity contribution in [2.45, 2.75) is 185 Å². The zero-order valence-corrected chi connectivity index (χ0v) is 42.2. The molecule has 1 aliphatic heterocycles. The highest BCUT2D eigenvalue weighted by Gasteiger charge is 2.46. The number of allylic oxidation sites excluding steroid dienone is 9. The van der Waals surface area contributed by atoms with Crippen molar-refractivity contribution >= 4 is 33.4 Å². The van der Waals surface area contributed by atoms with Crippen molar-refractivity contribution in [3.05, 3.63) is 83.5 Å². The Bertz CT molecular complexity index is 1910. The number of anilines is 1. The Morgan fingerprint density at radius 1 is 0.783 bits per heavy atom. The minimum absolute atomic E-state index is 0.0112. The van der Waals surface area contributed by atoms with Crippen molar-refractivity contribution in [1.29, 1.82) is 0 Å². The van der Waals surface area contributed by atoms with Gasteiger partial charge in [-0.15, -0.1) is 0 Å². The normalized spacial score (nSPS) is 20.3. The molecule has 8 atom stereocenters. The molecule has 1 aromatic rings. The minimum Gasteiger partial charge on any atom is -0.462 e. The molecule has 2 heterocycles. The molecule has 0 amide bonds. The van der Waals surface area contributed by atoms with Crippen LogP contribution < -0.4 is 11.4 Å². The zero-order chi connectivity index (χ0) is 50.8. The Hall–Kier alpha value is -3.58. The molecule has 1 saturated heterocycles. The van der Waals surface area contributed by atoms with Crippen molar-refractivity contribution in [2.75, 3.05) is 25.6 Å². The average molecular weight is 1020 g/mol. The number of aliphatic hydroxyl groups is 3. The van der Waals surface area contributed by atoms with E-state index in [0.717, 1.165) is 94.2 Å². The zero-order valence-electron chi connectivity index (χ0n) is 40.5. The Kier molecular flexibility index (Phi) is 32.4. The van der Waals surface area contributed by atoms with Gasteiger partial charge in [-0.1, -0.05) is 132 Å². The van der Waals surface area contributed by atoms with Crippen molar-refractivity contribution in [1.82, 2.24) is 9.55 Å².